The van der Waals surface area contributed by atoms with Gasteiger partial charge in [0.25, 0.3) is 17.3 Å². The minimum atomic E-state index is -0.852. The fourth-order valence-corrected chi connectivity index (χ4v) is 1.89. The molecular formula is C11H13ClN4O5. The number of nitrogens with one attached hydrogen (secondary N) is 1. The summed E-state index contributed by atoms with van der Waals surface area (Å²) >= 11 is 5.49. The van der Waals surface area contributed by atoms with E-state index in [-0.39, 0.29) is 5.56 Å². The van der Waals surface area contributed by atoms with Crippen molar-refractivity contribution in [2.24, 2.45) is 0 Å². The Morgan fingerprint density at radius 1 is 1.24 bits per heavy atom. The van der Waals surface area contributed by atoms with Gasteiger partial charge in [-0.3, -0.25) is 30.0 Å². The van der Waals surface area contributed by atoms with Gasteiger partial charge in [0.05, 0.1) is 21.5 Å². The van der Waals surface area contributed by atoms with Gasteiger partial charge < -0.3 is 0 Å². The SMILES string of the molecule is CC(C)(C)N(NCl)C(=O)c1ccc([N+](=O)[O-])cc1[N+](=O)[O-]. The molecule has 0 aliphatic rings. The standard InChI is InChI=1S/C11H13ClN4O5/c1-11(2,3)14(13-12)10(17)8-5-4-7(15(18)19)6-9(8)16(20)21/h4-6,13H,1-3H3. The van der Waals surface area contributed by atoms with Gasteiger partial charge >= 0.3 is 0 Å². The Bertz CT molecular complexity index is 599. The quantitative estimate of drug-likeness (QED) is 0.517. The molecule has 1 rings (SSSR count). The third kappa shape index (κ3) is 3.64. The van der Waals surface area contributed by atoms with Crippen LogP contribution in [0.25, 0.3) is 0 Å². The number of carbonyl (C=O) groups is 1. The predicted octanol–water partition coefficient (Wildman–Crippen LogP) is 2.40. The number of hydrogen-bond acceptors (Lipinski definition) is 6. The van der Waals surface area contributed by atoms with Crippen LogP contribution in [0.3, 0.4) is 0 Å². The number of amides is 1. The van der Waals surface area contributed by atoms with E-state index in [1.54, 1.807) is 20.8 Å². The van der Waals surface area contributed by atoms with Crippen LogP contribution in [0.1, 0.15) is 31.1 Å². The molecule has 0 fully saturated rings. The second kappa shape index (κ2) is 6.02. The molecule has 0 heterocycles. The van der Waals surface area contributed by atoms with Crippen molar-refractivity contribution in [3.8, 4) is 0 Å². The maximum absolute atomic E-state index is 12.3. The molecule has 1 amide bonds. The highest BCUT2D eigenvalue weighted by atomic mass is 35.5. The van der Waals surface area contributed by atoms with Crippen LogP contribution in [0.4, 0.5) is 11.4 Å². The van der Waals surface area contributed by atoms with Crippen molar-refractivity contribution >= 4 is 29.1 Å². The monoisotopic (exact) mass is 316 g/mol. The number of carbonyl (C=O) groups excluding carboxylic acids is 1. The third-order valence-electron chi connectivity index (χ3n) is 2.58. The van der Waals surface area contributed by atoms with E-state index in [0.717, 1.165) is 23.2 Å². The van der Waals surface area contributed by atoms with Crippen LogP contribution in [0.2, 0.25) is 0 Å². The number of hydrogen-bond donors (Lipinski definition) is 1. The van der Waals surface area contributed by atoms with Gasteiger partial charge in [-0.1, -0.05) is 0 Å². The van der Waals surface area contributed by atoms with Gasteiger partial charge in [-0.05, 0) is 38.6 Å². The van der Waals surface area contributed by atoms with Crippen molar-refractivity contribution in [2.45, 2.75) is 26.3 Å². The lowest BCUT2D eigenvalue weighted by molar-refractivity contribution is -0.394. The molecule has 0 aromatic heterocycles. The number of hydrazine groups is 1. The summed E-state index contributed by atoms with van der Waals surface area (Å²) in [5.74, 6) is -0.765. The Morgan fingerprint density at radius 2 is 1.81 bits per heavy atom. The molecule has 1 N–H and O–H groups in total. The fraction of sp³-hybridized carbons (Fsp3) is 0.364. The van der Waals surface area contributed by atoms with Crippen molar-refractivity contribution in [2.75, 3.05) is 0 Å². The Kier molecular flexibility index (Phi) is 4.81. The van der Waals surface area contributed by atoms with Gasteiger partial charge in [0.2, 0.25) is 0 Å². The number of halogens is 1. The van der Waals surface area contributed by atoms with Crippen molar-refractivity contribution in [3.63, 3.8) is 0 Å². The summed E-state index contributed by atoms with van der Waals surface area (Å²) in [5, 5.41) is 22.7. The molecule has 21 heavy (non-hydrogen) atoms. The number of benzene rings is 1. The Hall–Kier alpha value is -2.26. The first kappa shape index (κ1) is 16.8. The highest BCUT2D eigenvalue weighted by Crippen LogP contribution is 2.27. The molecule has 0 atom stereocenters. The van der Waals surface area contributed by atoms with E-state index in [1.165, 1.54) is 0 Å². The smallest absolute Gasteiger partial charge is 0.267 e. The molecule has 0 aliphatic heterocycles. The second-order valence-corrected chi connectivity index (χ2v) is 5.28. The van der Waals surface area contributed by atoms with Gasteiger partial charge in [-0.15, -0.1) is 4.94 Å². The van der Waals surface area contributed by atoms with Crippen LogP contribution in [-0.4, -0.2) is 26.3 Å². The molecular weight excluding hydrogens is 304 g/mol. The molecule has 0 spiro atoms. The van der Waals surface area contributed by atoms with Crippen LogP contribution in [0, 0.1) is 20.2 Å². The van der Waals surface area contributed by atoms with E-state index in [2.05, 4.69) is 4.94 Å². The zero-order chi connectivity index (χ0) is 16.4. The van der Waals surface area contributed by atoms with E-state index in [9.17, 15) is 25.0 Å². The molecule has 0 saturated carbocycles. The molecule has 1 aromatic rings. The lowest BCUT2D eigenvalue weighted by Gasteiger charge is -2.33. The first-order valence-electron chi connectivity index (χ1n) is 5.73. The van der Waals surface area contributed by atoms with Crippen LogP contribution in [0.5, 0.6) is 0 Å². The van der Waals surface area contributed by atoms with Gasteiger partial charge in [0.1, 0.15) is 5.56 Å². The summed E-state index contributed by atoms with van der Waals surface area (Å²) in [6.07, 6.45) is 0. The van der Waals surface area contributed by atoms with Crippen LogP contribution in [0.15, 0.2) is 18.2 Å². The lowest BCUT2D eigenvalue weighted by atomic mass is 10.1. The zero-order valence-corrected chi connectivity index (χ0v) is 12.2. The second-order valence-electron chi connectivity index (χ2n) is 5.11. The highest BCUT2D eigenvalue weighted by Gasteiger charge is 2.32. The van der Waals surface area contributed by atoms with Crippen molar-refractivity contribution < 1.29 is 14.6 Å². The Morgan fingerprint density at radius 3 is 2.19 bits per heavy atom. The predicted molar refractivity (Wildman–Crippen MR) is 74.7 cm³/mol. The largest absolute Gasteiger partial charge is 0.289 e. The maximum atomic E-state index is 12.3. The number of nitro groups is 2. The summed E-state index contributed by atoms with van der Waals surface area (Å²) in [6.45, 7) is 4.99. The Labute approximate surface area is 124 Å². The number of nitro benzene ring substituents is 2. The molecule has 0 radical (unpaired) electrons. The summed E-state index contributed by atoms with van der Waals surface area (Å²) in [5.41, 5.74) is -2.18. The minimum absolute atomic E-state index is 0.298. The van der Waals surface area contributed by atoms with E-state index in [0.29, 0.717) is 0 Å². The van der Waals surface area contributed by atoms with E-state index < -0.39 is 32.7 Å². The van der Waals surface area contributed by atoms with Crippen LogP contribution in [-0.2, 0) is 0 Å². The van der Waals surface area contributed by atoms with Crippen LogP contribution >= 0.6 is 11.8 Å². The average molecular weight is 317 g/mol. The van der Waals surface area contributed by atoms with Crippen molar-refractivity contribution in [1.82, 2.24) is 9.95 Å². The summed E-state index contributed by atoms with van der Waals surface area (Å²) in [6, 6.07) is 2.79. The van der Waals surface area contributed by atoms with Crippen molar-refractivity contribution in [1.29, 1.82) is 0 Å². The molecule has 114 valence electrons. The summed E-state index contributed by atoms with van der Waals surface area (Å²) in [4.78, 5) is 34.5. The van der Waals surface area contributed by atoms with Gasteiger partial charge in [-0.25, -0.2) is 0 Å². The molecule has 0 unspecified atom stereocenters. The molecule has 0 saturated heterocycles. The number of non-ortho nitro benzene ring substituents is 1. The van der Waals surface area contributed by atoms with Crippen molar-refractivity contribution in [3.05, 3.63) is 44.0 Å². The first-order chi connectivity index (χ1) is 9.59. The normalized spacial score (nSPS) is 11.0. The van der Waals surface area contributed by atoms with E-state index in [1.807, 2.05) is 0 Å². The van der Waals surface area contributed by atoms with E-state index in [4.69, 9.17) is 11.8 Å². The molecule has 9 nitrogen and oxygen atoms in total. The lowest BCUT2D eigenvalue weighted by Crippen LogP contribution is -2.50. The minimum Gasteiger partial charge on any atom is -0.267 e. The topological polar surface area (TPSA) is 119 Å². The average Bonchev–Trinajstić information content (AvgIpc) is 2.36. The Balaban J connectivity index is 3.39. The van der Waals surface area contributed by atoms with Gasteiger partial charge in [0, 0.05) is 6.07 Å². The third-order valence-corrected chi connectivity index (χ3v) is 2.75. The summed E-state index contributed by atoms with van der Waals surface area (Å²) in [7, 11) is 0. The first-order valence-corrected chi connectivity index (χ1v) is 6.11. The molecule has 0 bridgehead atoms. The maximum Gasteiger partial charge on any atom is 0.289 e. The number of rotatable bonds is 4. The molecule has 1 aromatic carbocycles. The number of nitrogens with zero attached hydrogens (tertiary/aromatic N) is 3. The van der Waals surface area contributed by atoms with E-state index >= 15 is 0 Å². The zero-order valence-electron chi connectivity index (χ0n) is 11.5. The molecule has 10 heteroatoms. The van der Waals surface area contributed by atoms with Gasteiger partial charge in [0.15, 0.2) is 0 Å². The fourth-order valence-electron chi connectivity index (χ4n) is 1.56. The van der Waals surface area contributed by atoms with Gasteiger partial charge in [-0.2, -0.15) is 0 Å². The van der Waals surface area contributed by atoms with Crippen LogP contribution < -0.4 is 4.94 Å². The summed E-state index contributed by atoms with van der Waals surface area (Å²) < 4.78 is 0. The highest BCUT2D eigenvalue weighted by molar-refractivity contribution is 6.14. The molecule has 0 aliphatic carbocycles.